The second-order valence-electron chi connectivity index (χ2n) is 4.61. The maximum atomic E-state index is 13.8. The number of ether oxygens (including phenoxy) is 1. The summed E-state index contributed by atoms with van der Waals surface area (Å²) in [7, 11) is 0. The molecule has 0 atom stereocenters. The number of rotatable bonds is 4. The molecule has 3 aromatic rings. The normalized spacial score (nSPS) is 10.9. The lowest BCUT2D eigenvalue weighted by Gasteiger charge is -2.06. The fourth-order valence-electron chi connectivity index (χ4n) is 2.10. The van der Waals surface area contributed by atoms with Crippen molar-refractivity contribution in [3.8, 4) is 5.75 Å². The van der Waals surface area contributed by atoms with Gasteiger partial charge < -0.3 is 9.72 Å². The molecule has 3 nitrogen and oxygen atoms in total. The lowest BCUT2D eigenvalue weighted by Crippen LogP contribution is -1.99. The highest BCUT2D eigenvalue weighted by molar-refractivity contribution is 5.74. The molecule has 0 unspecified atom stereocenters. The van der Waals surface area contributed by atoms with Crippen LogP contribution in [0.15, 0.2) is 42.5 Å². The van der Waals surface area contributed by atoms with Crippen molar-refractivity contribution in [1.29, 1.82) is 0 Å². The second kappa shape index (κ2) is 5.33. The molecule has 102 valence electrons. The molecular formula is C16H15FN2O. The number of halogens is 1. The van der Waals surface area contributed by atoms with Gasteiger partial charge in [-0.05, 0) is 36.2 Å². The van der Waals surface area contributed by atoms with Crippen LogP contribution in [0, 0.1) is 5.82 Å². The van der Waals surface area contributed by atoms with Crippen LogP contribution in [0.3, 0.4) is 0 Å². The van der Waals surface area contributed by atoms with Gasteiger partial charge in [0.2, 0.25) is 0 Å². The number of H-pyrrole nitrogens is 1. The quantitative estimate of drug-likeness (QED) is 0.782. The third-order valence-corrected chi connectivity index (χ3v) is 3.21. The molecule has 0 bridgehead atoms. The summed E-state index contributed by atoms with van der Waals surface area (Å²) >= 11 is 0. The Bertz CT molecular complexity index is 703. The van der Waals surface area contributed by atoms with Gasteiger partial charge in [-0.15, -0.1) is 0 Å². The van der Waals surface area contributed by atoms with Crippen LogP contribution in [0.5, 0.6) is 5.75 Å². The van der Waals surface area contributed by atoms with Crippen LogP contribution in [0.2, 0.25) is 0 Å². The largest absolute Gasteiger partial charge is 0.483 e. The minimum absolute atomic E-state index is 0.219. The first-order chi connectivity index (χ1) is 9.76. The molecule has 20 heavy (non-hydrogen) atoms. The van der Waals surface area contributed by atoms with Crippen LogP contribution in [0.25, 0.3) is 11.0 Å². The van der Waals surface area contributed by atoms with E-state index in [2.05, 4.69) is 9.97 Å². The van der Waals surface area contributed by atoms with E-state index >= 15 is 0 Å². The topological polar surface area (TPSA) is 37.9 Å². The van der Waals surface area contributed by atoms with E-state index in [4.69, 9.17) is 4.74 Å². The van der Waals surface area contributed by atoms with Crippen molar-refractivity contribution in [2.75, 3.05) is 0 Å². The predicted molar refractivity (Wildman–Crippen MR) is 76.2 cm³/mol. The number of para-hydroxylation sites is 2. The molecule has 4 heteroatoms. The zero-order valence-corrected chi connectivity index (χ0v) is 11.2. The summed E-state index contributed by atoms with van der Waals surface area (Å²) in [6, 6.07) is 12.8. The minimum Gasteiger partial charge on any atom is -0.483 e. The molecule has 0 radical (unpaired) electrons. The maximum absolute atomic E-state index is 13.8. The monoisotopic (exact) mass is 270 g/mol. The van der Waals surface area contributed by atoms with E-state index < -0.39 is 0 Å². The molecule has 0 spiro atoms. The number of hydrogen-bond donors (Lipinski definition) is 1. The third kappa shape index (κ3) is 2.50. The van der Waals surface area contributed by atoms with Gasteiger partial charge in [0.15, 0.2) is 11.6 Å². The highest BCUT2D eigenvalue weighted by atomic mass is 19.1. The van der Waals surface area contributed by atoms with Gasteiger partial charge in [0, 0.05) is 0 Å². The number of nitrogens with one attached hydrogen (secondary N) is 1. The Balaban J connectivity index is 1.75. The number of nitrogens with zero attached hydrogens (tertiary/aromatic N) is 1. The minimum atomic E-state index is -0.333. The van der Waals surface area contributed by atoms with Crippen LogP contribution < -0.4 is 4.74 Å². The molecule has 0 saturated carbocycles. The van der Waals surface area contributed by atoms with E-state index in [0.29, 0.717) is 5.82 Å². The number of fused-ring (bicyclic) bond motifs is 1. The summed E-state index contributed by atoms with van der Waals surface area (Å²) in [5.41, 5.74) is 2.79. The molecule has 1 N–H and O–H groups in total. The van der Waals surface area contributed by atoms with E-state index in [1.54, 1.807) is 6.07 Å². The maximum Gasteiger partial charge on any atom is 0.165 e. The Hall–Kier alpha value is -2.36. The van der Waals surface area contributed by atoms with Crippen molar-refractivity contribution < 1.29 is 9.13 Å². The lowest BCUT2D eigenvalue weighted by atomic mass is 10.1. The SMILES string of the molecule is CCc1ccc(OCc2nc3ccccc3[nH]2)c(F)c1. The van der Waals surface area contributed by atoms with Crippen molar-refractivity contribution in [2.24, 2.45) is 0 Å². The van der Waals surface area contributed by atoms with Gasteiger partial charge in [-0.1, -0.05) is 25.1 Å². The molecule has 0 saturated heterocycles. The van der Waals surface area contributed by atoms with E-state index in [9.17, 15) is 4.39 Å². The predicted octanol–water partition coefficient (Wildman–Crippen LogP) is 3.84. The van der Waals surface area contributed by atoms with Crippen molar-refractivity contribution >= 4 is 11.0 Å². The van der Waals surface area contributed by atoms with Gasteiger partial charge in [0.1, 0.15) is 12.4 Å². The van der Waals surface area contributed by atoms with E-state index in [0.717, 1.165) is 23.0 Å². The molecule has 0 amide bonds. The van der Waals surface area contributed by atoms with Crippen molar-refractivity contribution in [3.63, 3.8) is 0 Å². The van der Waals surface area contributed by atoms with Crippen LogP contribution >= 0.6 is 0 Å². The molecule has 0 fully saturated rings. The summed E-state index contributed by atoms with van der Waals surface area (Å²) in [6.45, 7) is 2.21. The van der Waals surface area contributed by atoms with Gasteiger partial charge in [0.25, 0.3) is 0 Å². The number of aryl methyl sites for hydroxylation is 1. The van der Waals surface area contributed by atoms with Gasteiger partial charge in [0.05, 0.1) is 11.0 Å². The standard InChI is InChI=1S/C16H15FN2O/c1-2-11-7-8-15(12(17)9-11)20-10-16-18-13-5-3-4-6-14(13)19-16/h3-9H,2,10H2,1H3,(H,18,19). The number of aromatic nitrogens is 2. The third-order valence-electron chi connectivity index (χ3n) is 3.21. The Labute approximate surface area is 116 Å². The molecular weight excluding hydrogens is 255 g/mol. The zero-order valence-electron chi connectivity index (χ0n) is 11.2. The summed E-state index contributed by atoms with van der Waals surface area (Å²) < 4.78 is 19.3. The van der Waals surface area contributed by atoms with Crippen molar-refractivity contribution in [2.45, 2.75) is 20.0 Å². The van der Waals surface area contributed by atoms with Crippen LogP contribution in [-0.4, -0.2) is 9.97 Å². The van der Waals surface area contributed by atoms with Crippen LogP contribution in [0.1, 0.15) is 18.3 Å². The number of aromatic amines is 1. The average molecular weight is 270 g/mol. The molecule has 0 aliphatic carbocycles. The summed E-state index contributed by atoms with van der Waals surface area (Å²) in [6.07, 6.45) is 0.806. The number of imidazole rings is 1. The Morgan fingerprint density at radius 2 is 2.05 bits per heavy atom. The van der Waals surface area contributed by atoms with Crippen LogP contribution in [0.4, 0.5) is 4.39 Å². The van der Waals surface area contributed by atoms with Crippen molar-refractivity contribution in [3.05, 3.63) is 59.7 Å². The Morgan fingerprint density at radius 1 is 1.20 bits per heavy atom. The number of hydrogen-bond acceptors (Lipinski definition) is 2. The second-order valence-corrected chi connectivity index (χ2v) is 4.61. The summed E-state index contributed by atoms with van der Waals surface area (Å²) in [5.74, 6) is 0.605. The fourth-order valence-corrected chi connectivity index (χ4v) is 2.10. The van der Waals surface area contributed by atoms with Gasteiger partial charge in [-0.25, -0.2) is 9.37 Å². The summed E-state index contributed by atoms with van der Waals surface area (Å²) in [5, 5.41) is 0. The first kappa shape index (κ1) is 12.7. The van der Waals surface area contributed by atoms with Crippen molar-refractivity contribution in [1.82, 2.24) is 9.97 Å². The molecule has 0 aliphatic rings. The Morgan fingerprint density at radius 3 is 2.80 bits per heavy atom. The van der Waals surface area contributed by atoms with Crippen LogP contribution in [-0.2, 0) is 13.0 Å². The molecule has 3 rings (SSSR count). The fraction of sp³-hybridized carbons (Fsp3) is 0.188. The molecule has 1 heterocycles. The molecule has 2 aromatic carbocycles. The van der Waals surface area contributed by atoms with Gasteiger partial charge in [-0.2, -0.15) is 0 Å². The van der Waals surface area contributed by atoms with Gasteiger partial charge >= 0.3 is 0 Å². The van der Waals surface area contributed by atoms with E-state index in [1.165, 1.54) is 6.07 Å². The Kier molecular flexibility index (Phi) is 3.37. The lowest BCUT2D eigenvalue weighted by molar-refractivity contribution is 0.282. The first-order valence-corrected chi connectivity index (χ1v) is 6.61. The average Bonchev–Trinajstić information content (AvgIpc) is 2.88. The van der Waals surface area contributed by atoms with E-state index in [-0.39, 0.29) is 18.2 Å². The molecule has 0 aliphatic heterocycles. The smallest absolute Gasteiger partial charge is 0.165 e. The highest BCUT2D eigenvalue weighted by Gasteiger charge is 2.07. The first-order valence-electron chi connectivity index (χ1n) is 6.61. The number of benzene rings is 2. The van der Waals surface area contributed by atoms with Gasteiger partial charge in [-0.3, -0.25) is 0 Å². The highest BCUT2D eigenvalue weighted by Crippen LogP contribution is 2.20. The zero-order chi connectivity index (χ0) is 13.9. The molecule has 1 aromatic heterocycles. The summed E-state index contributed by atoms with van der Waals surface area (Å²) in [4.78, 5) is 7.54. The van der Waals surface area contributed by atoms with E-state index in [1.807, 2.05) is 37.3 Å².